The largest absolute Gasteiger partial charge is 1.00 e. The van der Waals surface area contributed by atoms with Crippen molar-refractivity contribution < 1.29 is 27.7 Å². The van der Waals surface area contributed by atoms with Gasteiger partial charge in [-0.05, 0) is 5.56 Å². The number of benzene rings is 1. The summed E-state index contributed by atoms with van der Waals surface area (Å²) in [5.41, 5.74) is 4.94. The second-order valence-corrected chi connectivity index (χ2v) is 3.29. The highest BCUT2D eigenvalue weighted by molar-refractivity contribution is 5.72. The predicted octanol–water partition coefficient (Wildman–Crippen LogP) is -2.71. The third-order valence-electron chi connectivity index (χ3n) is 2.24. The molecular weight excluding hydrogens is 202 g/mol. The van der Waals surface area contributed by atoms with E-state index in [1.54, 1.807) is 0 Å². The molecule has 14 heavy (non-hydrogen) atoms. The lowest BCUT2D eigenvalue weighted by atomic mass is 10.0. The van der Waals surface area contributed by atoms with Gasteiger partial charge in [-0.1, -0.05) is 30.3 Å². The van der Waals surface area contributed by atoms with Crippen LogP contribution in [0, 0.1) is 0 Å². The van der Waals surface area contributed by atoms with Crippen molar-refractivity contribution in [2.24, 2.45) is 0 Å². The Balaban J connectivity index is 0.000000980. The van der Waals surface area contributed by atoms with Crippen molar-refractivity contribution in [3.8, 4) is 0 Å². The number of cyclic esters (lactones) is 1. The van der Waals surface area contributed by atoms with Crippen LogP contribution in [0.4, 0.5) is 0 Å². The summed E-state index contributed by atoms with van der Waals surface area (Å²) in [5.74, 6) is -0.145. The first kappa shape index (κ1) is 11.0. The molecule has 0 unspecified atom stereocenters. The first-order valence-electron chi connectivity index (χ1n) is 4.35. The third-order valence-corrected chi connectivity index (χ3v) is 2.24. The van der Waals surface area contributed by atoms with Crippen LogP contribution in [-0.2, 0) is 9.53 Å². The number of rotatable bonds is 1. The minimum absolute atomic E-state index is 0. The number of carbonyl (C=O) groups is 1. The molecule has 0 radical (unpaired) electrons. The van der Waals surface area contributed by atoms with E-state index in [0.717, 1.165) is 5.56 Å². The van der Waals surface area contributed by atoms with E-state index in [4.69, 9.17) is 4.74 Å². The smallest absolute Gasteiger partial charge is 0.312 e. The molecule has 1 fully saturated rings. The monoisotopic (exact) mass is 213 g/mol. The Morgan fingerprint density at radius 1 is 1.29 bits per heavy atom. The standard InChI is InChI=1S/C10H11NO2.ClH/c11-8-6-9(12)13-10(8)7-4-2-1-3-5-7;/h1-5,8,10H,6,11H2;1H/t8-,10+;/m0./s1. The molecule has 3 nitrogen and oxygen atoms in total. The molecule has 0 bridgehead atoms. The molecule has 3 N–H and O–H groups in total. The maximum absolute atomic E-state index is 11.0. The summed E-state index contributed by atoms with van der Waals surface area (Å²) in [4.78, 5) is 11.0. The van der Waals surface area contributed by atoms with Gasteiger partial charge in [0.1, 0.15) is 12.5 Å². The predicted molar refractivity (Wildman–Crippen MR) is 46.6 cm³/mol. The van der Waals surface area contributed by atoms with Crippen LogP contribution < -0.4 is 18.1 Å². The van der Waals surface area contributed by atoms with Crippen molar-refractivity contribution in [3.05, 3.63) is 35.9 Å². The lowest BCUT2D eigenvalue weighted by Gasteiger charge is -2.10. The zero-order valence-corrected chi connectivity index (χ0v) is 8.41. The van der Waals surface area contributed by atoms with Crippen LogP contribution in [-0.4, -0.2) is 12.0 Å². The summed E-state index contributed by atoms with van der Waals surface area (Å²) >= 11 is 0. The molecule has 2 rings (SSSR count). The molecule has 1 aliphatic rings. The number of hydrogen-bond acceptors (Lipinski definition) is 2. The Morgan fingerprint density at radius 2 is 1.93 bits per heavy atom. The van der Waals surface area contributed by atoms with Gasteiger partial charge >= 0.3 is 5.97 Å². The number of ether oxygens (including phenoxy) is 1. The third kappa shape index (κ3) is 2.05. The van der Waals surface area contributed by atoms with Crippen molar-refractivity contribution >= 4 is 5.97 Å². The fourth-order valence-electron chi connectivity index (χ4n) is 1.59. The fraction of sp³-hybridized carbons (Fsp3) is 0.300. The van der Waals surface area contributed by atoms with Gasteiger partial charge in [-0.15, -0.1) is 0 Å². The highest BCUT2D eigenvalue weighted by Gasteiger charge is 2.35. The van der Waals surface area contributed by atoms with Crippen LogP contribution in [0.1, 0.15) is 18.1 Å². The molecule has 1 aromatic carbocycles. The van der Waals surface area contributed by atoms with Crippen LogP contribution in [0.15, 0.2) is 30.3 Å². The van der Waals surface area contributed by atoms with Crippen LogP contribution >= 0.6 is 0 Å². The lowest BCUT2D eigenvalue weighted by molar-refractivity contribution is -0.428. The van der Waals surface area contributed by atoms with E-state index in [0.29, 0.717) is 6.42 Å². The van der Waals surface area contributed by atoms with Gasteiger partial charge in [-0.2, -0.15) is 0 Å². The van der Waals surface area contributed by atoms with E-state index in [9.17, 15) is 4.79 Å². The first-order chi connectivity index (χ1) is 6.27. The molecular formula is C10H12ClNO2. The highest BCUT2D eigenvalue weighted by atomic mass is 35.5. The number of carbonyl (C=O) groups excluding carboxylic acids is 1. The number of esters is 1. The van der Waals surface area contributed by atoms with Gasteiger partial charge in [0.05, 0.1) is 0 Å². The van der Waals surface area contributed by atoms with Crippen LogP contribution in [0.5, 0.6) is 0 Å². The molecule has 2 atom stereocenters. The average Bonchev–Trinajstić information content (AvgIpc) is 2.47. The molecule has 0 spiro atoms. The Morgan fingerprint density at radius 3 is 2.43 bits per heavy atom. The highest BCUT2D eigenvalue weighted by Crippen LogP contribution is 2.26. The molecule has 1 heterocycles. The van der Waals surface area contributed by atoms with Crippen molar-refractivity contribution in [1.82, 2.24) is 0 Å². The Kier molecular flexibility index (Phi) is 3.49. The summed E-state index contributed by atoms with van der Waals surface area (Å²) in [6.07, 6.45) is 0.285. The number of quaternary nitrogens is 1. The molecule has 0 amide bonds. The zero-order chi connectivity index (χ0) is 9.26. The van der Waals surface area contributed by atoms with Crippen molar-refractivity contribution in [2.75, 3.05) is 0 Å². The van der Waals surface area contributed by atoms with Crippen LogP contribution in [0.2, 0.25) is 0 Å². The summed E-state index contributed by atoms with van der Waals surface area (Å²) in [5, 5.41) is 0. The number of hydrogen-bond donors (Lipinski definition) is 1. The van der Waals surface area contributed by atoms with E-state index in [1.165, 1.54) is 0 Å². The summed E-state index contributed by atoms with van der Waals surface area (Å²) in [7, 11) is 0. The van der Waals surface area contributed by atoms with Crippen molar-refractivity contribution in [2.45, 2.75) is 18.6 Å². The molecule has 76 valence electrons. The molecule has 1 aromatic rings. The normalized spacial score (nSPS) is 25.4. The Labute approximate surface area is 88.7 Å². The van der Waals surface area contributed by atoms with Crippen LogP contribution in [0.3, 0.4) is 0 Å². The van der Waals surface area contributed by atoms with Gasteiger partial charge in [-0.25, -0.2) is 0 Å². The fourth-order valence-corrected chi connectivity index (χ4v) is 1.59. The summed E-state index contributed by atoms with van der Waals surface area (Å²) in [6, 6.07) is 9.79. The second kappa shape index (κ2) is 4.44. The van der Waals surface area contributed by atoms with E-state index >= 15 is 0 Å². The van der Waals surface area contributed by atoms with Crippen molar-refractivity contribution in [1.29, 1.82) is 0 Å². The Bertz CT molecular complexity index is 315. The SMILES string of the molecule is [Cl-].[NH3+][C@H]1CC(=O)O[C@@H]1c1ccccc1. The summed E-state index contributed by atoms with van der Waals surface area (Å²) in [6.45, 7) is 0. The lowest BCUT2D eigenvalue weighted by Crippen LogP contribution is -3.00. The van der Waals surface area contributed by atoms with E-state index < -0.39 is 0 Å². The summed E-state index contributed by atoms with van der Waals surface area (Å²) < 4.78 is 5.16. The first-order valence-corrected chi connectivity index (χ1v) is 4.35. The minimum atomic E-state index is -0.145. The second-order valence-electron chi connectivity index (χ2n) is 3.29. The van der Waals surface area contributed by atoms with Gasteiger partial charge in [0.15, 0.2) is 6.10 Å². The maximum Gasteiger partial charge on any atom is 0.312 e. The molecule has 0 saturated carbocycles. The van der Waals surface area contributed by atoms with Gasteiger partial charge in [0.25, 0.3) is 0 Å². The Hall–Kier alpha value is -1.06. The topological polar surface area (TPSA) is 53.9 Å². The van der Waals surface area contributed by atoms with Gasteiger partial charge in [0.2, 0.25) is 0 Å². The quantitative estimate of drug-likeness (QED) is 0.516. The van der Waals surface area contributed by atoms with Crippen LogP contribution in [0.25, 0.3) is 0 Å². The molecule has 1 aliphatic heterocycles. The molecule has 0 aromatic heterocycles. The average molecular weight is 214 g/mol. The van der Waals surface area contributed by atoms with Gasteiger partial charge < -0.3 is 22.9 Å². The van der Waals surface area contributed by atoms with Gasteiger partial charge in [-0.3, -0.25) is 4.79 Å². The number of halogens is 1. The van der Waals surface area contributed by atoms with Crippen molar-refractivity contribution in [3.63, 3.8) is 0 Å². The minimum Gasteiger partial charge on any atom is -1.00 e. The van der Waals surface area contributed by atoms with E-state index in [-0.39, 0.29) is 30.5 Å². The molecule has 4 heteroatoms. The maximum atomic E-state index is 11.0. The zero-order valence-electron chi connectivity index (χ0n) is 7.65. The van der Waals surface area contributed by atoms with E-state index in [2.05, 4.69) is 5.73 Å². The van der Waals surface area contributed by atoms with E-state index in [1.807, 2.05) is 30.3 Å². The molecule has 1 saturated heterocycles. The molecule has 0 aliphatic carbocycles. The van der Waals surface area contributed by atoms with Gasteiger partial charge in [0, 0.05) is 0 Å².